The van der Waals surface area contributed by atoms with Crippen LogP contribution in [0.1, 0.15) is 11.4 Å². The zero-order chi connectivity index (χ0) is 15.0. The van der Waals surface area contributed by atoms with Crippen molar-refractivity contribution >= 4 is 22.7 Å². The molecule has 0 unspecified atom stereocenters. The van der Waals surface area contributed by atoms with Gasteiger partial charge in [0.15, 0.2) is 16.5 Å². The molecule has 3 aromatic rings. The quantitative estimate of drug-likeness (QED) is 0.717. The standard InChI is InChI=1S/C12H6F3N4S2/c1-6-4-20-10(17-6)7-2-3-16-9(18-7)11-19-8(5-21-11)12(13,14)15/h2,4-5H,1H3. The highest BCUT2D eigenvalue weighted by Crippen LogP contribution is 2.33. The Kier molecular flexibility index (Phi) is 3.46. The SMILES string of the molecule is Cc1csc(-c2c[c]nc(-c3nc(C(F)(F)F)cs3)n2)n1. The first-order valence-corrected chi connectivity index (χ1v) is 7.40. The summed E-state index contributed by atoms with van der Waals surface area (Å²) >= 11 is 2.24. The van der Waals surface area contributed by atoms with E-state index in [9.17, 15) is 13.2 Å². The molecule has 3 rings (SSSR count). The van der Waals surface area contributed by atoms with Gasteiger partial charge in [-0.25, -0.2) is 19.9 Å². The van der Waals surface area contributed by atoms with Crippen LogP contribution in [0.3, 0.4) is 0 Å². The molecule has 0 bridgehead atoms. The highest BCUT2D eigenvalue weighted by Gasteiger charge is 2.34. The molecule has 1 radical (unpaired) electrons. The van der Waals surface area contributed by atoms with Crippen molar-refractivity contribution in [3.8, 4) is 21.5 Å². The van der Waals surface area contributed by atoms with E-state index in [0.717, 1.165) is 22.4 Å². The maximum absolute atomic E-state index is 12.6. The molecule has 0 saturated heterocycles. The minimum atomic E-state index is -4.47. The molecule has 3 aromatic heterocycles. The second-order valence-corrected chi connectivity index (χ2v) is 5.75. The van der Waals surface area contributed by atoms with Crippen LogP contribution >= 0.6 is 22.7 Å². The molecule has 0 aliphatic heterocycles. The Balaban J connectivity index is 1.98. The molecule has 0 aliphatic rings. The predicted octanol–water partition coefficient (Wildman–Crippen LogP) is 3.85. The molecule has 0 saturated carbocycles. The van der Waals surface area contributed by atoms with E-state index in [2.05, 4.69) is 26.1 Å². The Bertz CT molecular complexity index is 779. The van der Waals surface area contributed by atoms with Crippen LogP contribution in [0.4, 0.5) is 13.2 Å². The monoisotopic (exact) mass is 327 g/mol. The highest BCUT2D eigenvalue weighted by atomic mass is 32.1. The first-order valence-electron chi connectivity index (χ1n) is 5.64. The Hall–Kier alpha value is -1.87. The van der Waals surface area contributed by atoms with E-state index < -0.39 is 11.9 Å². The summed E-state index contributed by atoms with van der Waals surface area (Å²) in [6.07, 6.45) is -1.85. The maximum atomic E-state index is 12.6. The molecule has 0 atom stereocenters. The van der Waals surface area contributed by atoms with Gasteiger partial charge in [-0.3, -0.25) is 0 Å². The number of rotatable bonds is 2. The molecule has 0 amide bonds. The number of nitrogens with zero attached hydrogens (tertiary/aromatic N) is 4. The predicted molar refractivity (Wildman–Crippen MR) is 72.8 cm³/mol. The lowest BCUT2D eigenvalue weighted by molar-refractivity contribution is -0.140. The van der Waals surface area contributed by atoms with Crippen LogP contribution in [0, 0.1) is 13.1 Å². The number of aryl methyl sites for hydroxylation is 1. The molecule has 9 heteroatoms. The van der Waals surface area contributed by atoms with E-state index in [1.807, 2.05) is 12.3 Å². The zero-order valence-corrected chi connectivity index (χ0v) is 12.1. The summed E-state index contributed by atoms with van der Waals surface area (Å²) in [6, 6.07) is 1.54. The summed E-state index contributed by atoms with van der Waals surface area (Å²) in [6.45, 7) is 1.85. The van der Waals surface area contributed by atoms with Crippen LogP contribution in [0.2, 0.25) is 0 Å². The lowest BCUT2D eigenvalue weighted by atomic mass is 10.4. The van der Waals surface area contributed by atoms with Gasteiger partial charge in [-0.2, -0.15) is 13.2 Å². The zero-order valence-electron chi connectivity index (χ0n) is 10.5. The van der Waals surface area contributed by atoms with E-state index in [4.69, 9.17) is 0 Å². The summed E-state index contributed by atoms with van der Waals surface area (Å²) < 4.78 is 37.7. The summed E-state index contributed by atoms with van der Waals surface area (Å²) in [5.41, 5.74) is 0.423. The fraction of sp³-hybridized carbons (Fsp3) is 0.167. The summed E-state index contributed by atoms with van der Waals surface area (Å²) in [5, 5.41) is 3.58. The van der Waals surface area contributed by atoms with Gasteiger partial charge in [-0.1, -0.05) is 0 Å². The van der Waals surface area contributed by atoms with E-state index >= 15 is 0 Å². The van der Waals surface area contributed by atoms with Crippen LogP contribution in [0.25, 0.3) is 21.5 Å². The molecule has 21 heavy (non-hydrogen) atoms. The topological polar surface area (TPSA) is 51.6 Å². The molecule has 0 N–H and O–H groups in total. The maximum Gasteiger partial charge on any atom is 0.434 e. The lowest BCUT2D eigenvalue weighted by Crippen LogP contribution is -2.05. The van der Waals surface area contributed by atoms with Crippen molar-refractivity contribution < 1.29 is 13.2 Å². The average molecular weight is 327 g/mol. The Morgan fingerprint density at radius 2 is 1.81 bits per heavy atom. The van der Waals surface area contributed by atoms with E-state index in [1.165, 1.54) is 11.3 Å². The van der Waals surface area contributed by atoms with Crippen molar-refractivity contribution in [2.75, 3.05) is 0 Å². The van der Waals surface area contributed by atoms with Crippen molar-refractivity contribution in [2.45, 2.75) is 13.1 Å². The molecule has 3 heterocycles. The third kappa shape index (κ3) is 2.93. The van der Waals surface area contributed by atoms with Gasteiger partial charge in [0, 0.05) is 16.5 Å². The van der Waals surface area contributed by atoms with Crippen LogP contribution < -0.4 is 0 Å². The minimum absolute atomic E-state index is 0.105. The van der Waals surface area contributed by atoms with Gasteiger partial charge in [0.05, 0.1) is 6.20 Å². The number of hydrogen-bond acceptors (Lipinski definition) is 6. The van der Waals surface area contributed by atoms with E-state index in [-0.39, 0.29) is 10.8 Å². The van der Waals surface area contributed by atoms with Crippen molar-refractivity contribution in [3.63, 3.8) is 0 Å². The van der Waals surface area contributed by atoms with Gasteiger partial charge in [0.25, 0.3) is 0 Å². The number of hydrogen-bond donors (Lipinski definition) is 0. The molecule has 4 nitrogen and oxygen atoms in total. The minimum Gasteiger partial charge on any atom is -0.240 e. The Labute approximate surface area is 125 Å². The van der Waals surface area contributed by atoms with Crippen molar-refractivity contribution in [1.29, 1.82) is 0 Å². The summed E-state index contributed by atoms with van der Waals surface area (Å²) in [7, 11) is 0. The number of alkyl halides is 3. The summed E-state index contributed by atoms with van der Waals surface area (Å²) in [4.78, 5) is 15.9. The smallest absolute Gasteiger partial charge is 0.240 e. The lowest BCUT2D eigenvalue weighted by Gasteiger charge is -2.00. The van der Waals surface area contributed by atoms with Crippen LogP contribution in [0.5, 0.6) is 0 Å². The number of thiazole rings is 2. The van der Waals surface area contributed by atoms with E-state index in [1.54, 1.807) is 6.07 Å². The van der Waals surface area contributed by atoms with Crippen molar-refractivity contribution in [2.24, 2.45) is 0 Å². The molecule has 0 spiro atoms. The second-order valence-electron chi connectivity index (χ2n) is 4.04. The summed E-state index contributed by atoms with van der Waals surface area (Å²) in [5.74, 6) is 0.112. The number of aromatic nitrogens is 4. The van der Waals surface area contributed by atoms with Gasteiger partial charge in [-0.05, 0) is 13.0 Å². The Morgan fingerprint density at radius 1 is 1.05 bits per heavy atom. The van der Waals surface area contributed by atoms with Gasteiger partial charge in [-0.15, -0.1) is 22.7 Å². The van der Waals surface area contributed by atoms with Crippen LogP contribution in [-0.4, -0.2) is 19.9 Å². The fourth-order valence-corrected chi connectivity index (χ4v) is 3.02. The largest absolute Gasteiger partial charge is 0.434 e. The molecule has 0 aromatic carbocycles. The van der Waals surface area contributed by atoms with Gasteiger partial charge in [0.2, 0.25) is 0 Å². The van der Waals surface area contributed by atoms with Gasteiger partial charge < -0.3 is 0 Å². The second kappa shape index (κ2) is 5.15. The Morgan fingerprint density at radius 3 is 2.43 bits per heavy atom. The fourth-order valence-electron chi connectivity index (χ4n) is 1.51. The molecular weight excluding hydrogens is 321 g/mol. The first kappa shape index (κ1) is 14.1. The van der Waals surface area contributed by atoms with Crippen molar-refractivity contribution in [1.82, 2.24) is 19.9 Å². The number of halogens is 3. The molecule has 107 valence electrons. The van der Waals surface area contributed by atoms with Gasteiger partial charge >= 0.3 is 6.18 Å². The molecule has 0 aliphatic carbocycles. The first-order chi connectivity index (χ1) is 9.93. The van der Waals surface area contributed by atoms with E-state index in [0.29, 0.717) is 10.7 Å². The average Bonchev–Trinajstić information content (AvgIpc) is 3.07. The molecule has 0 fully saturated rings. The third-order valence-corrected chi connectivity index (χ3v) is 4.24. The van der Waals surface area contributed by atoms with Crippen LogP contribution in [0.15, 0.2) is 16.8 Å². The van der Waals surface area contributed by atoms with Crippen LogP contribution in [-0.2, 0) is 6.18 Å². The third-order valence-electron chi connectivity index (χ3n) is 2.42. The highest BCUT2D eigenvalue weighted by molar-refractivity contribution is 7.13. The van der Waals surface area contributed by atoms with Gasteiger partial charge in [0.1, 0.15) is 10.7 Å². The molecular formula is C12H6F3N4S2. The normalized spacial score (nSPS) is 11.8. The van der Waals surface area contributed by atoms with Crippen molar-refractivity contribution in [3.05, 3.63) is 34.4 Å².